The number of hydrogen-bond donors (Lipinski definition) is 0. The van der Waals surface area contributed by atoms with Crippen LogP contribution in [-0.2, 0) is 7.05 Å². The Morgan fingerprint density at radius 3 is 2.62 bits per heavy atom. The van der Waals surface area contributed by atoms with Gasteiger partial charge >= 0.3 is 0 Å². The molecule has 3 heterocycles. The molecule has 0 amide bonds. The van der Waals surface area contributed by atoms with Gasteiger partial charge in [0.05, 0.1) is 5.69 Å². The summed E-state index contributed by atoms with van der Waals surface area (Å²) in [5.74, 6) is 7.63. The molecule has 0 fully saturated rings. The number of aryl methyl sites for hydroxylation is 2. The Kier molecular flexibility index (Phi) is 3.32. The van der Waals surface area contributed by atoms with Crippen LogP contribution in [0.3, 0.4) is 0 Å². The summed E-state index contributed by atoms with van der Waals surface area (Å²) in [6.07, 6.45) is 3.78. The van der Waals surface area contributed by atoms with Crippen molar-refractivity contribution in [3.63, 3.8) is 0 Å². The molecule has 1 aromatic carbocycles. The first-order valence-corrected chi connectivity index (χ1v) is 7.50. The highest BCUT2D eigenvalue weighted by atomic mass is 15.3. The van der Waals surface area contributed by atoms with Gasteiger partial charge in [-0.1, -0.05) is 30.3 Å². The summed E-state index contributed by atoms with van der Waals surface area (Å²) in [5, 5.41) is 4.30. The van der Waals surface area contributed by atoms with Crippen molar-refractivity contribution in [1.29, 1.82) is 0 Å². The fourth-order valence-corrected chi connectivity index (χ4v) is 2.36. The Morgan fingerprint density at radius 1 is 0.958 bits per heavy atom. The Labute approximate surface area is 138 Å². The van der Waals surface area contributed by atoms with Crippen LogP contribution in [0.2, 0.25) is 0 Å². The lowest BCUT2D eigenvalue weighted by Gasteiger charge is -1.92. The van der Waals surface area contributed by atoms with Crippen LogP contribution in [0.5, 0.6) is 0 Å². The molecular formula is C18H14N6. The predicted molar refractivity (Wildman–Crippen MR) is 90.1 cm³/mol. The largest absolute Gasteiger partial charge is 0.327 e. The molecule has 0 atom stereocenters. The van der Waals surface area contributed by atoms with Crippen LogP contribution in [0, 0.1) is 18.8 Å². The highest BCUT2D eigenvalue weighted by molar-refractivity contribution is 5.59. The molecule has 6 nitrogen and oxygen atoms in total. The molecule has 0 aliphatic rings. The maximum atomic E-state index is 4.57. The van der Waals surface area contributed by atoms with Gasteiger partial charge in [-0.3, -0.25) is 0 Å². The molecule has 3 aromatic heterocycles. The summed E-state index contributed by atoms with van der Waals surface area (Å²) in [7, 11) is 1.92. The third-order valence-corrected chi connectivity index (χ3v) is 3.58. The van der Waals surface area contributed by atoms with Gasteiger partial charge in [0.2, 0.25) is 5.82 Å². The van der Waals surface area contributed by atoms with Crippen molar-refractivity contribution >= 4 is 5.78 Å². The lowest BCUT2D eigenvalue weighted by atomic mass is 10.2. The monoisotopic (exact) mass is 314 g/mol. The van der Waals surface area contributed by atoms with Crippen molar-refractivity contribution in [1.82, 2.24) is 29.1 Å². The first kappa shape index (κ1) is 14.2. The van der Waals surface area contributed by atoms with E-state index < -0.39 is 0 Å². The van der Waals surface area contributed by atoms with Gasteiger partial charge in [-0.25, -0.2) is 14.5 Å². The number of fused-ring (bicyclic) bond motifs is 1. The Hall–Kier alpha value is -3.46. The van der Waals surface area contributed by atoms with E-state index in [1.165, 1.54) is 0 Å². The second-order valence-electron chi connectivity index (χ2n) is 5.43. The van der Waals surface area contributed by atoms with E-state index in [2.05, 4.69) is 31.9 Å². The Morgan fingerprint density at radius 2 is 1.79 bits per heavy atom. The van der Waals surface area contributed by atoms with E-state index in [-0.39, 0.29) is 0 Å². The smallest absolute Gasteiger partial charge is 0.253 e. The van der Waals surface area contributed by atoms with Crippen molar-refractivity contribution in [2.45, 2.75) is 6.92 Å². The van der Waals surface area contributed by atoms with E-state index in [1.807, 2.05) is 67.3 Å². The molecule has 6 heteroatoms. The molecule has 0 saturated carbocycles. The maximum absolute atomic E-state index is 4.57. The van der Waals surface area contributed by atoms with E-state index in [0.29, 0.717) is 17.4 Å². The highest BCUT2D eigenvalue weighted by Crippen LogP contribution is 2.17. The van der Waals surface area contributed by atoms with E-state index in [0.717, 1.165) is 17.0 Å². The predicted octanol–water partition coefficient (Wildman–Crippen LogP) is 2.23. The minimum Gasteiger partial charge on any atom is -0.327 e. The van der Waals surface area contributed by atoms with Crippen molar-refractivity contribution < 1.29 is 0 Å². The van der Waals surface area contributed by atoms with Gasteiger partial charge in [-0.15, -0.1) is 5.10 Å². The molecule has 0 N–H and O–H groups in total. The quantitative estimate of drug-likeness (QED) is 0.506. The van der Waals surface area contributed by atoms with Crippen LogP contribution in [0.25, 0.3) is 17.0 Å². The normalized spacial score (nSPS) is 10.6. The number of aromatic nitrogens is 6. The van der Waals surface area contributed by atoms with Gasteiger partial charge in [-0.05, 0) is 24.8 Å². The van der Waals surface area contributed by atoms with E-state index in [4.69, 9.17) is 0 Å². The minimum absolute atomic E-state index is 0.428. The standard InChI is InChI=1S/C18H14N6/c1-13-10-11-24-18(19-13)21-16(22-24)8-9-17-20-15(12-23(17)2)14-6-4-3-5-7-14/h3-7,10-12H,1-2H3. The zero-order chi connectivity index (χ0) is 16.5. The van der Waals surface area contributed by atoms with E-state index in [1.54, 1.807) is 4.52 Å². The summed E-state index contributed by atoms with van der Waals surface area (Å²) in [5.41, 5.74) is 2.85. The second kappa shape index (κ2) is 5.63. The Balaban J connectivity index is 1.68. The third kappa shape index (κ3) is 2.63. The van der Waals surface area contributed by atoms with Gasteiger partial charge < -0.3 is 4.57 Å². The SMILES string of the molecule is Cc1ccn2nc(C#Cc3nc(-c4ccccc4)cn3C)nc2n1. The van der Waals surface area contributed by atoms with Gasteiger partial charge in [0.25, 0.3) is 5.78 Å². The van der Waals surface area contributed by atoms with Crippen molar-refractivity contribution in [3.05, 3.63) is 66.1 Å². The molecule has 0 spiro atoms. The minimum atomic E-state index is 0.428. The fraction of sp³-hybridized carbons (Fsp3) is 0.111. The zero-order valence-electron chi connectivity index (χ0n) is 13.3. The Bertz CT molecular complexity index is 1080. The van der Waals surface area contributed by atoms with Crippen molar-refractivity contribution in [2.24, 2.45) is 7.05 Å². The van der Waals surface area contributed by atoms with Crippen LogP contribution in [0.15, 0.2) is 48.8 Å². The van der Waals surface area contributed by atoms with Gasteiger partial charge in [0.15, 0.2) is 5.82 Å². The van der Waals surface area contributed by atoms with Gasteiger partial charge in [-0.2, -0.15) is 4.98 Å². The molecule has 4 rings (SSSR count). The second-order valence-corrected chi connectivity index (χ2v) is 5.43. The first-order valence-electron chi connectivity index (χ1n) is 7.50. The molecule has 0 saturated heterocycles. The summed E-state index contributed by atoms with van der Waals surface area (Å²) in [6.45, 7) is 1.92. The lowest BCUT2D eigenvalue weighted by Crippen LogP contribution is -1.91. The summed E-state index contributed by atoms with van der Waals surface area (Å²) in [6, 6.07) is 11.9. The van der Waals surface area contributed by atoms with E-state index >= 15 is 0 Å². The molecule has 0 aliphatic carbocycles. The average molecular weight is 314 g/mol. The molecule has 0 aliphatic heterocycles. The number of hydrogen-bond acceptors (Lipinski definition) is 4. The highest BCUT2D eigenvalue weighted by Gasteiger charge is 2.06. The number of rotatable bonds is 1. The third-order valence-electron chi connectivity index (χ3n) is 3.58. The molecule has 116 valence electrons. The van der Waals surface area contributed by atoms with Crippen LogP contribution in [0.4, 0.5) is 0 Å². The van der Waals surface area contributed by atoms with Crippen LogP contribution in [0.1, 0.15) is 17.3 Å². The van der Waals surface area contributed by atoms with Gasteiger partial charge in [0.1, 0.15) is 0 Å². The van der Waals surface area contributed by atoms with Crippen molar-refractivity contribution in [3.8, 4) is 23.1 Å². The molecule has 0 radical (unpaired) electrons. The summed E-state index contributed by atoms with van der Waals surface area (Å²) < 4.78 is 3.51. The first-order chi connectivity index (χ1) is 11.7. The summed E-state index contributed by atoms with van der Waals surface area (Å²) >= 11 is 0. The van der Waals surface area contributed by atoms with Crippen LogP contribution in [-0.4, -0.2) is 29.1 Å². The topological polar surface area (TPSA) is 60.9 Å². The number of nitrogens with zero attached hydrogens (tertiary/aromatic N) is 6. The van der Waals surface area contributed by atoms with Gasteiger partial charge in [0, 0.05) is 30.7 Å². The maximum Gasteiger partial charge on any atom is 0.253 e. The summed E-state index contributed by atoms with van der Waals surface area (Å²) in [4.78, 5) is 13.2. The molecule has 24 heavy (non-hydrogen) atoms. The van der Waals surface area contributed by atoms with E-state index in [9.17, 15) is 0 Å². The van der Waals surface area contributed by atoms with Crippen LogP contribution >= 0.6 is 0 Å². The van der Waals surface area contributed by atoms with Crippen molar-refractivity contribution in [2.75, 3.05) is 0 Å². The number of imidazole rings is 1. The molecular weight excluding hydrogens is 300 g/mol. The van der Waals surface area contributed by atoms with Crippen LogP contribution < -0.4 is 0 Å². The molecule has 0 unspecified atom stereocenters. The zero-order valence-corrected chi connectivity index (χ0v) is 13.3. The number of benzene rings is 1. The fourth-order valence-electron chi connectivity index (χ4n) is 2.36. The molecule has 0 bridgehead atoms. The lowest BCUT2D eigenvalue weighted by molar-refractivity contribution is 0.893. The molecule has 4 aromatic rings. The average Bonchev–Trinajstić information content (AvgIpc) is 3.16.